The van der Waals surface area contributed by atoms with Crippen molar-refractivity contribution in [3.05, 3.63) is 45.8 Å². The molecule has 0 saturated carbocycles. The number of aromatic carboxylic acids is 1. The number of carbonyl (C=O) groups is 3. The fraction of sp³-hybridized carbons (Fsp3) is 0.263. The molecular weight excluding hydrogens is 382 g/mol. The Labute approximate surface area is 166 Å². The number of thiophene rings is 1. The van der Waals surface area contributed by atoms with Crippen LogP contribution >= 0.6 is 11.3 Å². The fourth-order valence-electron chi connectivity index (χ4n) is 2.44. The Bertz CT molecular complexity index is 932. The predicted octanol–water partition coefficient (Wildman–Crippen LogP) is 2.39. The second-order valence-electron chi connectivity index (χ2n) is 5.84. The van der Waals surface area contributed by atoms with Gasteiger partial charge in [0.15, 0.2) is 0 Å². The lowest BCUT2D eigenvalue weighted by molar-refractivity contribution is -0.255. The molecule has 9 heteroatoms. The first-order valence-corrected chi connectivity index (χ1v) is 9.26. The van der Waals surface area contributed by atoms with E-state index in [4.69, 9.17) is 4.74 Å². The number of esters is 1. The number of anilines is 2. The molecule has 8 nitrogen and oxygen atoms in total. The molecular formula is C19H20N3O5S-. The van der Waals surface area contributed by atoms with E-state index >= 15 is 0 Å². The summed E-state index contributed by atoms with van der Waals surface area (Å²) in [7, 11) is 0. The Hall–Kier alpha value is -3.20. The van der Waals surface area contributed by atoms with Gasteiger partial charge in [0.05, 0.1) is 34.4 Å². The zero-order chi connectivity index (χ0) is 20.8. The third-order valence-electron chi connectivity index (χ3n) is 3.72. The van der Waals surface area contributed by atoms with Crippen LogP contribution in [0.4, 0.5) is 10.7 Å². The van der Waals surface area contributed by atoms with E-state index in [1.54, 1.807) is 32.9 Å². The highest BCUT2D eigenvalue weighted by Crippen LogP contribution is 2.34. The van der Waals surface area contributed by atoms with Gasteiger partial charge < -0.3 is 20.0 Å². The Morgan fingerprint density at radius 1 is 1.18 bits per heavy atom. The highest BCUT2D eigenvalue weighted by atomic mass is 32.1. The zero-order valence-electron chi connectivity index (χ0n) is 15.9. The lowest BCUT2D eigenvalue weighted by atomic mass is 10.1. The van der Waals surface area contributed by atoms with Gasteiger partial charge in [-0.25, -0.2) is 4.79 Å². The van der Waals surface area contributed by atoms with Gasteiger partial charge in [0.2, 0.25) is 5.91 Å². The monoisotopic (exact) mass is 402 g/mol. The summed E-state index contributed by atoms with van der Waals surface area (Å²) in [5.41, 5.74) is 5.05. The molecule has 0 unspecified atom stereocenters. The summed E-state index contributed by atoms with van der Waals surface area (Å²) >= 11 is 1.23. The molecule has 0 fully saturated rings. The lowest BCUT2D eigenvalue weighted by Crippen LogP contribution is -2.21. The van der Waals surface area contributed by atoms with E-state index in [1.165, 1.54) is 30.4 Å². The summed E-state index contributed by atoms with van der Waals surface area (Å²) in [6.45, 7) is 6.81. The molecule has 0 saturated heterocycles. The smallest absolute Gasteiger partial charge is 0.341 e. The molecule has 0 spiro atoms. The first-order valence-electron chi connectivity index (χ1n) is 8.44. The molecule has 1 heterocycles. The van der Waals surface area contributed by atoms with E-state index < -0.39 is 11.9 Å². The Morgan fingerprint density at radius 2 is 1.82 bits per heavy atom. The van der Waals surface area contributed by atoms with Crippen LogP contribution in [0.5, 0.6) is 0 Å². The van der Waals surface area contributed by atoms with Gasteiger partial charge >= 0.3 is 5.97 Å². The Morgan fingerprint density at radius 3 is 2.36 bits per heavy atom. The van der Waals surface area contributed by atoms with Crippen LogP contribution in [0.25, 0.3) is 0 Å². The minimum Gasteiger partial charge on any atom is -0.545 e. The number of carbonyl (C=O) groups excluding carboxylic acids is 3. The molecule has 2 rings (SSSR count). The summed E-state index contributed by atoms with van der Waals surface area (Å²) in [5, 5.41) is 18.1. The first kappa shape index (κ1) is 21.1. The first-order chi connectivity index (χ1) is 13.2. The molecule has 1 aromatic carbocycles. The molecule has 0 aliphatic rings. The van der Waals surface area contributed by atoms with E-state index in [0.29, 0.717) is 32.4 Å². The maximum atomic E-state index is 12.3. The van der Waals surface area contributed by atoms with Gasteiger partial charge in [0.1, 0.15) is 5.00 Å². The third-order valence-corrected chi connectivity index (χ3v) is 5.03. The molecule has 1 amide bonds. The molecule has 0 aliphatic carbocycles. The number of hydrogen-bond acceptors (Lipinski definition) is 8. The average Bonchev–Trinajstić information content (AvgIpc) is 2.95. The van der Waals surface area contributed by atoms with E-state index in [2.05, 4.69) is 15.8 Å². The number of hydrogen-bond donors (Lipinski definition) is 2. The van der Waals surface area contributed by atoms with Crippen molar-refractivity contribution in [2.75, 3.05) is 17.3 Å². The van der Waals surface area contributed by atoms with Gasteiger partial charge in [-0.05, 0) is 44.0 Å². The van der Waals surface area contributed by atoms with Crippen LogP contribution in [0.1, 0.15) is 51.9 Å². The molecule has 0 radical (unpaired) electrons. The highest BCUT2D eigenvalue weighted by molar-refractivity contribution is 7.18. The van der Waals surface area contributed by atoms with Crippen LogP contribution in [0.15, 0.2) is 29.4 Å². The van der Waals surface area contributed by atoms with Crippen molar-refractivity contribution in [3.63, 3.8) is 0 Å². The normalized spacial score (nSPS) is 11.1. The summed E-state index contributed by atoms with van der Waals surface area (Å²) in [5.74, 6) is -2.05. The fourth-order valence-corrected chi connectivity index (χ4v) is 3.62. The largest absolute Gasteiger partial charge is 0.545 e. The van der Waals surface area contributed by atoms with Crippen LogP contribution in [-0.4, -0.2) is 30.2 Å². The maximum absolute atomic E-state index is 12.3. The van der Waals surface area contributed by atoms with Crippen molar-refractivity contribution in [2.24, 2.45) is 5.10 Å². The van der Waals surface area contributed by atoms with Crippen LogP contribution in [0.3, 0.4) is 0 Å². The van der Waals surface area contributed by atoms with Crippen LogP contribution in [0.2, 0.25) is 0 Å². The molecule has 0 bridgehead atoms. The zero-order valence-corrected chi connectivity index (χ0v) is 16.7. The van der Waals surface area contributed by atoms with E-state index in [1.807, 2.05) is 0 Å². The van der Waals surface area contributed by atoms with Gasteiger partial charge in [-0.2, -0.15) is 5.10 Å². The van der Waals surface area contributed by atoms with Crippen LogP contribution < -0.4 is 15.8 Å². The second-order valence-corrected chi connectivity index (χ2v) is 6.86. The van der Waals surface area contributed by atoms with Gasteiger partial charge in [-0.1, -0.05) is 12.1 Å². The summed E-state index contributed by atoms with van der Waals surface area (Å²) in [6.07, 6.45) is 0. The number of rotatable bonds is 7. The van der Waals surface area contributed by atoms with Crippen LogP contribution in [-0.2, 0) is 9.53 Å². The number of ether oxygens (including phenoxy) is 1. The summed E-state index contributed by atoms with van der Waals surface area (Å²) in [6, 6.07) is 5.95. The number of nitrogens with one attached hydrogen (secondary N) is 2. The Kier molecular flexibility index (Phi) is 6.89. The SMILES string of the molecule is CCOC(=O)c1c(NC(C)=O)sc(/C(C)=N/Nc2ccc(C(=O)[O-])cc2)c1C. The van der Waals surface area contributed by atoms with Gasteiger partial charge in [0.25, 0.3) is 0 Å². The molecule has 0 aliphatic heterocycles. The average molecular weight is 402 g/mol. The number of benzene rings is 1. The third kappa shape index (κ3) is 4.95. The van der Waals surface area contributed by atoms with Crippen molar-refractivity contribution in [3.8, 4) is 0 Å². The summed E-state index contributed by atoms with van der Waals surface area (Å²) in [4.78, 5) is 35.3. The standard InChI is InChI=1S/C19H21N3O5S/c1-5-27-19(26)15-10(2)16(28-17(15)20-12(4)23)11(3)21-22-14-8-6-13(7-9-14)18(24)25/h6-9,22H,5H2,1-4H3,(H,20,23)(H,24,25)/p-1/b21-11+. The van der Waals surface area contributed by atoms with Crippen molar-refractivity contribution in [2.45, 2.75) is 27.7 Å². The predicted molar refractivity (Wildman–Crippen MR) is 106 cm³/mol. The van der Waals surface area contributed by atoms with Crippen LogP contribution in [0, 0.1) is 6.92 Å². The number of amides is 1. The maximum Gasteiger partial charge on any atom is 0.341 e. The van der Waals surface area contributed by atoms with Gasteiger partial charge in [0, 0.05) is 6.92 Å². The highest BCUT2D eigenvalue weighted by Gasteiger charge is 2.24. The minimum absolute atomic E-state index is 0.0689. The molecule has 2 N–H and O–H groups in total. The number of carboxylic acid groups (broad SMARTS) is 1. The van der Waals surface area contributed by atoms with E-state index in [9.17, 15) is 19.5 Å². The second kappa shape index (κ2) is 9.14. The summed E-state index contributed by atoms with van der Waals surface area (Å²) < 4.78 is 5.09. The van der Waals surface area contributed by atoms with Crippen molar-refractivity contribution >= 4 is 45.6 Å². The van der Waals surface area contributed by atoms with E-state index in [-0.39, 0.29) is 18.1 Å². The van der Waals surface area contributed by atoms with Gasteiger partial charge in [-0.3, -0.25) is 10.2 Å². The quantitative estimate of drug-likeness (QED) is 0.417. The number of hydrazone groups is 1. The van der Waals surface area contributed by atoms with Crippen molar-refractivity contribution < 1.29 is 24.2 Å². The van der Waals surface area contributed by atoms with Crippen molar-refractivity contribution in [1.29, 1.82) is 0 Å². The van der Waals surface area contributed by atoms with E-state index in [0.717, 1.165) is 0 Å². The molecule has 2 aromatic rings. The van der Waals surface area contributed by atoms with Crippen molar-refractivity contribution in [1.82, 2.24) is 0 Å². The molecule has 1 aromatic heterocycles. The molecule has 148 valence electrons. The van der Waals surface area contributed by atoms with Gasteiger partial charge in [-0.15, -0.1) is 11.3 Å². The minimum atomic E-state index is -1.25. The lowest BCUT2D eigenvalue weighted by Gasteiger charge is -2.06. The molecule has 28 heavy (non-hydrogen) atoms. The number of carboxylic acids is 1. The Balaban J connectivity index is 2.31. The topological polar surface area (TPSA) is 120 Å². The number of nitrogens with zero attached hydrogens (tertiary/aromatic N) is 1. The molecule has 0 atom stereocenters.